The van der Waals surface area contributed by atoms with Crippen LogP contribution >= 0.6 is 0 Å². The van der Waals surface area contributed by atoms with E-state index in [4.69, 9.17) is 13.0 Å². The van der Waals surface area contributed by atoms with E-state index in [-0.39, 0.29) is 29.6 Å². The van der Waals surface area contributed by atoms with Gasteiger partial charge in [0, 0.05) is 0 Å². The van der Waals surface area contributed by atoms with Gasteiger partial charge in [0.15, 0.2) is 10.1 Å². The summed E-state index contributed by atoms with van der Waals surface area (Å²) >= 11 is 0. The van der Waals surface area contributed by atoms with E-state index in [1.165, 1.54) is 5.56 Å². The minimum Gasteiger partial charge on any atom is -0.744 e. The van der Waals surface area contributed by atoms with Gasteiger partial charge in [-0.3, -0.25) is 0 Å². The molecule has 0 heterocycles. The van der Waals surface area contributed by atoms with Crippen LogP contribution in [0.5, 0.6) is 0 Å². The summed E-state index contributed by atoms with van der Waals surface area (Å²) in [5, 5.41) is 0. The van der Waals surface area contributed by atoms with Crippen LogP contribution in [0.25, 0.3) is 6.08 Å². The Morgan fingerprint density at radius 1 is 1.25 bits per heavy atom. The molecular weight excluding hydrogens is 249 g/mol. The van der Waals surface area contributed by atoms with E-state index in [1.807, 2.05) is 36.4 Å². The molecule has 0 atom stereocenters. The van der Waals surface area contributed by atoms with Crippen molar-refractivity contribution in [3.63, 3.8) is 0 Å². The fourth-order valence-electron chi connectivity index (χ4n) is 0.589. The first-order valence-electron chi connectivity index (χ1n) is 3.78. The standard InChI is InChI=1S/C8H8.CH2F2O3S.Na/c1-2-8-6-4-3-5-7-8;2-1(3)7(4,5)6;/h2-7H,1H2;1H,(H,4,5,6);/q;;+1/p-1. The summed E-state index contributed by atoms with van der Waals surface area (Å²) in [6.07, 6.45) is 1.83. The van der Waals surface area contributed by atoms with Crippen LogP contribution in [0.15, 0.2) is 36.9 Å². The van der Waals surface area contributed by atoms with Gasteiger partial charge in [-0.15, -0.1) is 0 Å². The second-order valence-electron chi connectivity index (χ2n) is 2.37. The number of benzene rings is 1. The molecule has 84 valence electrons. The summed E-state index contributed by atoms with van der Waals surface area (Å²) in [5.41, 5.74) is 1.17. The summed E-state index contributed by atoms with van der Waals surface area (Å²) in [6.45, 7) is 3.63. The van der Waals surface area contributed by atoms with Crippen LogP contribution < -0.4 is 29.6 Å². The molecule has 0 aliphatic carbocycles. The summed E-state index contributed by atoms with van der Waals surface area (Å²) in [4.78, 5) is 0. The molecule has 0 aliphatic heterocycles. The van der Waals surface area contributed by atoms with Crippen molar-refractivity contribution < 1.29 is 51.3 Å². The Bertz CT molecular complexity index is 392. The van der Waals surface area contributed by atoms with Gasteiger partial charge in [-0.25, -0.2) is 8.42 Å². The average molecular weight is 258 g/mol. The van der Waals surface area contributed by atoms with E-state index in [9.17, 15) is 8.78 Å². The third-order valence-electron chi connectivity index (χ3n) is 1.25. The van der Waals surface area contributed by atoms with E-state index in [0.717, 1.165) is 0 Å². The number of alkyl halides is 2. The Morgan fingerprint density at radius 3 is 1.81 bits per heavy atom. The zero-order valence-corrected chi connectivity index (χ0v) is 11.5. The number of hydrogen-bond donors (Lipinski definition) is 0. The fourth-order valence-corrected chi connectivity index (χ4v) is 0.589. The molecule has 0 amide bonds. The van der Waals surface area contributed by atoms with Crippen molar-refractivity contribution in [3.05, 3.63) is 42.5 Å². The van der Waals surface area contributed by atoms with E-state index < -0.39 is 15.9 Å². The summed E-state index contributed by atoms with van der Waals surface area (Å²) in [6, 6.07) is 10.0. The third-order valence-corrected chi connectivity index (χ3v) is 1.69. The summed E-state index contributed by atoms with van der Waals surface area (Å²) in [5.74, 6) is -3.78. The Labute approximate surface area is 115 Å². The van der Waals surface area contributed by atoms with Gasteiger partial charge in [0.1, 0.15) is 0 Å². The van der Waals surface area contributed by atoms with E-state index in [2.05, 4.69) is 6.58 Å². The number of hydrogen-bond acceptors (Lipinski definition) is 3. The molecule has 3 nitrogen and oxygen atoms in total. The van der Waals surface area contributed by atoms with Crippen molar-refractivity contribution in [1.29, 1.82) is 0 Å². The first kappa shape index (κ1) is 18.1. The van der Waals surface area contributed by atoms with Crippen molar-refractivity contribution in [2.75, 3.05) is 0 Å². The van der Waals surface area contributed by atoms with Gasteiger partial charge in [0.2, 0.25) is 0 Å². The average Bonchev–Trinajstić information content (AvgIpc) is 2.18. The van der Waals surface area contributed by atoms with Crippen LogP contribution in [0.2, 0.25) is 0 Å². The van der Waals surface area contributed by atoms with Crippen LogP contribution in [-0.2, 0) is 10.1 Å². The quantitative estimate of drug-likeness (QED) is 0.509. The minimum atomic E-state index is -5.32. The molecule has 1 aromatic rings. The monoisotopic (exact) mass is 258 g/mol. The first-order chi connectivity index (χ1) is 6.88. The van der Waals surface area contributed by atoms with Gasteiger partial charge < -0.3 is 4.55 Å². The van der Waals surface area contributed by atoms with Crippen molar-refractivity contribution in [3.8, 4) is 0 Å². The molecule has 0 radical (unpaired) electrons. The minimum absolute atomic E-state index is 0. The van der Waals surface area contributed by atoms with Gasteiger partial charge in [-0.05, 0) is 5.56 Å². The third kappa shape index (κ3) is 8.99. The van der Waals surface area contributed by atoms with Crippen LogP contribution in [0.4, 0.5) is 8.78 Å². The number of halogens is 2. The molecule has 0 saturated carbocycles. The van der Waals surface area contributed by atoms with Gasteiger partial charge in [0.25, 0.3) is 0 Å². The van der Waals surface area contributed by atoms with Crippen molar-refractivity contribution >= 4 is 16.2 Å². The molecule has 0 unspecified atom stereocenters. The smallest absolute Gasteiger partial charge is 0.744 e. The Balaban J connectivity index is 0. The van der Waals surface area contributed by atoms with Gasteiger partial charge in [0.05, 0.1) is 0 Å². The van der Waals surface area contributed by atoms with Crippen LogP contribution in [-0.4, -0.2) is 18.7 Å². The van der Waals surface area contributed by atoms with Gasteiger partial charge in [-0.2, -0.15) is 8.78 Å². The molecule has 0 fully saturated rings. The van der Waals surface area contributed by atoms with Crippen molar-refractivity contribution in [2.45, 2.75) is 5.76 Å². The summed E-state index contributed by atoms with van der Waals surface area (Å²) in [7, 11) is -5.32. The van der Waals surface area contributed by atoms with Crippen LogP contribution in [0.3, 0.4) is 0 Å². The molecule has 0 N–H and O–H groups in total. The predicted molar refractivity (Wildman–Crippen MR) is 52.2 cm³/mol. The fraction of sp³-hybridized carbons (Fsp3) is 0.111. The van der Waals surface area contributed by atoms with Crippen LogP contribution in [0, 0.1) is 0 Å². The zero-order valence-electron chi connectivity index (χ0n) is 8.64. The molecule has 0 bridgehead atoms. The van der Waals surface area contributed by atoms with Gasteiger partial charge >= 0.3 is 35.3 Å². The molecule has 0 aliphatic rings. The Hall–Kier alpha value is -0.270. The van der Waals surface area contributed by atoms with Crippen molar-refractivity contribution in [2.24, 2.45) is 0 Å². The Kier molecular flexibility index (Phi) is 10.00. The molecule has 7 heteroatoms. The molecular formula is C9H9F2NaO3S. The molecule has 0 aromatic heterocycles. The second-order valence-corrected chi connectivity index (χ2v) is 3.71. The number of rotatable bonds is 2. The molecule has 0 saturated heterocycles. The zero-order chi connectivity index (χ0) is 11.9. The maximum Gasteiger partial charge on any atom is 1.00 e. The van der Waals surface area contributed by atoms with E-state index in [1.54, 1.807) is 0 Å². The second kappa shape index (κ2) is 8.83. The molecule has 1 rings (SSSR count). The van der Waals surface area contributed by atoms with Crippen LogP contribution in [0.1, 0.15) is 5.56 Å². The topological polar surface area (TPSA) is 57.2 Å². The maximum atomic E-state index is 10.6. The molecule has 16 heavy (non-hydrogen) atoms. The maximum absolute atomic E-state index is 10.6. The Morgan fingerprint density at radius 2 is 1.62 bits per heavy atom. The van der Waals surface area contributed by atoms with E-state index >= 15 is 0 Å². The molecule has 0 spiro atoms. The predicted octanol–water partition coefficient (Wildman–Crippen LogP) is -0.912. The van der Waals surface area contributed by atoms with Gasteiger partial charge in [-0.1, -0.05) is 43.0 Å². The van der Waals surface area contributed by atoms with E-state index in [0.29, 0.717) is 0 Å². The largest absolute Gasteiger partial charge is 1.00 e. The van der Waals surface area contributed by atoms with Crippen molar-refractivity contribution in [1.82, 2.24) is 0 Å². The first-order valence-corrected chi connectivity index (χ1v) is 5.25. The summed E-state index contributed by atoms with van der Waals surface area (Å²) < 4.78 is 48.4. The SMILES string of the molecule is C=Cc1ccccc1.O=S(=O)([O-])C(F)F.[Na+]. The normalized spacial score (nSPS) is 9.75. The molecule has 1 aromatic carbocycles.